The van der Waals surface area contributed by atoms with Gasteiger partial charge in [0.15, 0.2) is 17.3 Å². The van der Waals surface area contributed by atoms with E-state index in [0.29, 0.717) is 43.2 Å². The Balaban J connectivity index is 1.67. The van der Waals surface area contributed by atoms with E-state index in [4.69, 9.17) is 15.5 Å². The van der Waals surface area contributed by atoms with E-state index in [2.05, 4.69) is 51.0 Å². The molecule has 0 aliphatic rings. The van der Waals surface area contributed by atoms with Gasteiger partial charge >= 0.3 is 0 Å². The van der Waals surface area contributed by atoms with Gasteiger partial charge in [0, 0.05) is 30.6 Å². The summed E-state index contributed by atoms with van der Waals surface area (Å²) in [5.74, 6) is 1.02. The minimum atomic E-state index is -0.140. The van der Waals surface area contributed by atoms with E-state index in [-0.39, 0.29) is 11.5 Å². The molecule has 0 atom stereocenters. The first-order chi connectivity index (χ1) is 18.0. The zero-order chi connectivity index (χ0) is 26.2. The number of imidazole rings is 1. The summed E-state index contributed by atoms with van der Waals surface area (Å²) in [6.07, 6.45) is 5.38. The Bertz CT molecular complexity index is 1430. The summed E-state index contributed by atoms with van der Waals surface area (Å²) < 4.78 is 7.82. The van der Waals surface area contributed by atoms with Crippen molar-refractivity contribution in [2.75, 3.05) is 25.5 Å². The number of isothiocyanates is 1. The van der Waals surface area contributed by atoms with Crippen LogP contribution in [0.25, 0.3) is 21.9 Å². The normalized spacial score (nSPS) is 11.3. The number of aromatic nitrogens is 3. The number of benzene rings is 2. The molecule has 0 aliphatic carbocycles. The molecule has 0 aliphatic heterocycles. The lowest BCUT2D eigenvalue weighted by molar-refractivity contribution is 0.131. The van der Waals surface area contributed by atoms with Gasteiger partial charge in [-0.05, 0) is 61.7 Å². The molecule has 0 spiro atoms. The lowest BCUT2D eigenvalue weighted by atomic mass is 10.1. The fourth-order valence-corrected chi connectivity index (χ4v) is 4.59. The Labute approximate surface area is 221 Å². The maximum Gasteiger partial charge on any atom is 0.162 e. The molecule has 4 N–H and O–H groups in total. The van der Waals surface area contributed by atoms with Gasteiger partial charge in [-0.25, -0.2) is 15.0 Å². The number of nitrogens with two attached hydrogens (primary N) is 1. The number of ether oxygens (including phenoxy) is 1. The molecular formula is C28H33N5O3S. The Hall–Kier alpha value is -3.52. The van der Waals surface area contributed by atoms with Crippen LogP contribution in [0, 0.1) is 0 Å². The molecule has 0 bridgehead atoms. The zero-order valence-electron chi connectivity index (χ0n) is 21.1. The Morgan fingerprint density at radius 3 is 2.73 bits per heavy atom. The Kier molecular flexibility index (Phi) is 9.06. The minimum absolute atomic E-state index is 0.119. The average Bonchev–Trinajstić information content (AvgIpc) is 3.26. The number of thiocarbonyl (C=S) groups is 1. The smallest absolute Gasteiger partial charge is 0.162 e. The molecule has 4 rings (SSSR count). The number of phenolic OH excluding ortho intramolecular Hbond substituents is 2. The molecule has 8 nitrogen and oxygen atoms in total. The summed E-state index contributed by atoms with van der Waals surface area (Å²) >= 11 is 4.57. The number of fused-ring (bicyclic) bond motifs is 3. The largest absolute Gasteiger partial charge is 0.504 e. The van der Waals surface area contributed by atoms with Crippen LogP contribution in [0.1, 0.15) is 49.6 Å². The molecule has 0 saturated heterocycles. The number of unbranched alkanes of at least 4 members (excludes halogenated alkanes) is 1. The van der Waals surface area contributed by atoms with E-state index in [1.165, 1.54) is 11.6 Å². The third-order valence-electron chi connectivity index (χ3n) is 6.40. The molecule has 0 unspecified atom stereocenters. The summed E-state index contributed by atoms with van der Waals surface area (Å²) in [6.45, 7) is 4.48. The van der Waals surface area contributed by atoms with Crippen molar-refractivity contribution < 1.29 is 14.9 Å². The number of hydrogen-bond donors (Lipinski definition) is 3. The highest BCUT2D eigenvalue weighted by molar-refractivity contribution is 7.78. The van der Waals surface area contributed by atoms with Gasteiger partial charge in [0.05, 0.1) is 29.3 Å². The van der Waals surface area contributed by atoms with Crippen LogP contribution < -0.4 is 5.73 Å². The third kappa shape index (κ3) is 6.25. The maximum absolute atomic E-state index is 10.5. The monoisotopic (exact) mass is 519 g/mol. The highest BCUT2D eigenvalue weighted by atomic mass is 32.1. The summed E-state index contributed by atoms with van der Waals surface area (Å²) in [6, 6.07) is 11.2. The van der Waals surface area contributed by atoms with Gasteiger partial charge in [-0.2, -0.15) is 0 Å². The second-order valence-corrected chi connectivity index (χ2v) is 9.27. The topological polar surface area (TPSA) is 119 Å². The Morgan fingerprint density at radius 1 is 1.08 bits per heavy atom. The van der Waals surface area contributed by atoms with Crippen LogP contribution in [-0.2, 0) is 24.1 Å². The zero-order valence-corrected chi connectivity index (χ0v) is 21.9. The molecule has 2 heterocycles. The molecule has 2 aromatic heterocycles. The van der Waals surface area contributed by atoms with E-state index < -0.39 is 0 Å². The quantitative estimate of drug-likeness (QED) is 0.0935. The number of aromatic hydroxyl groups is 2. The van der Waals surface area contributed by atoms with Crippen molar-refractivity contribution in [2.24, 2.45) is 4.99 Å². The number of hydrogen-bond acceptors (Lipinski definition) is 8. The molecule has 0 radical (unpaired) electrons. The van der Waals surface area contributed by atoms with E-state index in [0.717, 1.165) is 60.8 Å². The molecule has 0 amide bonds. The van der Waals surface area contributed by atoms with Crippen LogP contribution >= 0.6 is 12.2 Å². The molecule has 4 aromatic rings. The van der Waals surface area contributed by atoms with Gasteiger partial charge in [-0.15, -0.1) is 0 Å². The fourth-order valence-electron chi connectivity index (χ4n) is 4.50. The first-order valence-corrected chi connectivity index (χ1v) is 13.1. The SMILES string of the molecule is CCCCc1nc2c(N)nc3ccc(CCCOCCCN=C=S)cc3c2n1Cc1cccc(O)c1O. The second kappa shape index (κ2) is 12.6. The van der Waals surface area contributed by atoms with Crippen LogP contribution in [0.3, 0.4) is 0 Å². The summed E-state index contributed by atoms with van der Waals surface area (Å²) in [7, 11) is 0. The van der Waals surface area contributed by atoms with Gasteiger partial charge in [0.1, 0.15) is 11.3 Å². The molecule has 194 valence electrons. The lowest BCUT2D eigenvalue weighted by Gasteiger charge is -2.13. The summed E-state index contributed by atoms with van der Waals surface area (Å²) in [5.41, 5.74) is 10.5. The molecule has 2 aromatic carbocycles. The number of nitrogen functional groups attached to an aromatic ring is 1. The van der Waals surface area contributed by atoms with E-state index in [1.54, 1.807) is 6.07 Å². The number of aryl methyl sites for hydroxylation is 2. The number of phenols is 2. The number of anilines is 1. The standard InChI is InChI=1S/C28H33N5O3S/c1-2-3-10-24-32-25-26(33(24)17-20-8-4-9-23(34)27(20)35)21-16-19(11-12-22(21)31-28(25)29)7-5-14-36-15-6-13-30-18-37/h4,8-9,11-12,16,34-35H,2-3,5-7,10,13-15,17H2,1H3,(H2,29,31). The number of nitrogens with zero attached hydrogens (tertiary/aromatic N) is 4. The van der Waals surface area contributed by atoms with E-state index >= 15 is 0 Å². The van der Waals surface area contributed by atoms with Gasteiger partial charge in [0.2, 0.25) is 0 Å². The predicted molar refractivity (Wildman–Crippen MR) is 151 cm³/mol. The van der Waals surface area contributed by atoms with Gasteiger partial charge in [0.25, 0.3) is 0 Å². The van der Waals surface area contributed by atoms with E-state index in [9.17, 15) is 10.2 Å². The van der Waals surface area contributed by atoms with E-state index in [1.807, 2.05) is 12.1 Å². The Morgan fingerprint density at radius 2 is 1.92 bits per heavy atom. The van der Waals surface area contributed by atoms with Crippen molar-refractivity contribution >= 4 is 45.1 Å². The average molecular weight is 520 g/mol. The van der Waals surface area contributed by atoms with Crippen molar-refractivity contribution in [1.29, 1.82) is 0 Å². The number of aliphatic imine (C=N–C) groups is 1. The first-order valence-electron chi connectivity index (χ1n) is 12.7. The van der Waals surface area contributed by atoms with Crippen molar-refractivity contribution in [3.8, 4) is 11.5 Å². The van der Waals surface area contributed by atoms with Crippen LogP contribution in [0.15, 0.2) is 41.4 Å². The maximum atomic E-state index is 10.5. The molecule has 37 heavy (non-hydrogen) atoms. The number of rotatable bonds is 13. The summed E-state index contributed by atoms with van der Waals surface area (Å²) in [5, 5.41) is 23.9. The minimum Gasteiger partial charge on any atom is -0.504 e. The van der Waals surface area contributed by atoms with Gasteiger partial charge < -0.3 is 25.3 Å². The van der Waals surface area contributed by atoms with Crippen LogP contribution in [0.4, 0.5) is 5.82 Å². The number of para-hydroxylation sites is 1. The molecule has 9 heteroatoms. The van der Waals surface area contributed by atoms with Crippen molar-refractivity contribution in [2.45, 2.75) is 52.0 Å². The van der Waals surface area contributed by atoms with Gasteiger partial charge in [-0.1, -0.05) is 31.5 Å². The van der Waals surface area contributed by atoms with Crippen molar-refractivity contribution in [3.05, 3.63) is 53.3 Å². The van der Waals surface area contributed by atoms with Gasteiger partial charge in [-0.3, -0.25) is 0 Å². The van der Waals surface area contributed by atoms with Crippen molar-refractivity contribution in [3.63, 3.8) is 0 Å². The van der Waals surface area contributed by atoms with Crippen molar-refractivity contribution in [1.82, 2.24) is 14.5 Å². The predicted octanol–water partition coefficient (Wildman–Crippen LogP) is 5.41. The third-order valence-corrected chi connectivity index (χ3v) is 6.53. The second-order valence-electron chi connectivity index (χ2n) is 9.09. The lowest BCUT2D eigenvalue weighted by Crippen LogP contribution is -2.06. The van der Waals surface area contributed by atoms with Crippen LogP contribution in [-0.4, -0.2) is 49.7 Å². The molecule has 0 fully saturated rings. The summed E-state index contributed by atoms with van der Waals surface area (Å²) in [4.78, 5) is 13.4. The molecular weight excluding hydrogens is 486 g/mol. The molecule has 0 saturated carbocycles. The van der Waals surface area contributed by atoms with Crippen LogP contribution in [0.5, 0.6) is 11.5 Å². The highest BCUT2D eigenvalue weighted by Gasteiger charge is 2.19. The highest BCUT2D eigenvalue weighted by Crippen LogP contribution is 2.34. The first kappa shape index (κ1) is 26.5. The number of pyridine rings is 1. The van der Waals surface area contributed by atoms with Crippen LogP contribution in [0.2, 0.25) is 0 Å². The fraction of sp³-hybridized carbons (Fsp3) is 0.393.